The minimum atomic E-state index is -3.91. The Kier molecular flexibility index (Phi) is 6.07. The molecule has 20 heavy (non-hydrogen) atoms. The first kappa shape index (κ1) is 16.6. The van der Waals surface area contributed by atoms with Gasteiger partial charge < -0.3 is 5.11 Å². The summed E-state index contributed by atoms with van der Waals surface area (Å²) in [5.41, 5.74) is -0.483. The lowest BCUT2D eigenvalue weighted by atomic mass is 10.1. The van der Waals surface area contributed by atoms with E-state index in [1.54, 1.807) is 6.07 Å². The van der Waals surface area contributed by atoms with Crippen molar-refractivity contribution in [2.45, 2.75) is 24.7 Å². The van der Waals surface area contributed by atoms with E-state index in [9.17, 15) is 12.8 Å². The molecule has 1 atom stereocenters. The van der Waals surface area contributed by atoms with Crippen molar-refractivity contribution in [2.75, 3.05) is 13.2 Å². The maximum atomic E-state index is 13.4. The van der Waals surface area contributed by atoms with Gasteiger partial charge >= 0.3 is 0 Å². The van der Waals surface area contributed by atoms with Crippen LogP contribution in [-0.2, 0) is 10.0 Å². The Morgan fingerprint density at radius 2 is 2.20 bits per heavy atom. The Labute approximate surface area is 118 Å². The number of hydrogen-bond acceptors (Lipinski definition) is 4. The summed E-state index contributed by atoms with van der Waals surface area (Å²) in [4.78, 5) is -0.352. The first-order chi connectivity index (χ1) is 9.42. The second-order valence-corrected chi connectivity index (χ2v) is 6.29. The summed E-state index contributed by atoms with van der Waals surface area (Å²) in [6.45, 7) is 2.08. The lowest BCUT2D eigenvalue weighted by Gasteiger charge is -2.10. The van der Waals surface area contributed by atoms with Crippen molar-refractivity contribution in [3.63, 3.8) is 0 Å². The highest BCUT2D eigenvalue weighted by Crippen LogP contribution is 2.17. The van der Waals surface area contributed by atoms with Gasteiger partial charge in [0.25, 0.3) is 0 Å². The number of nitrogens with zero attached hydrogens (tertiary/aromatic N) is 1. The summed E-state index contributed by atoms with van der Waals surface area (Å²) in [6, 6.07) is 5.05. The molecule has 0 fully saturated rings. The first-order valence-electron chi connectivity index (χ1n) is 6.21. The van der Waals surface area contributed by atoms with Crippen LogP contribution in [0.15, 0.2) is 23.1 Å². The van der Waals surface area contributed by atoms with Crippen LogP contribution in [0.25, 0.3) is 0 Å². The molecule has 0 saturated carbocycles. The van der Waals surface area contributed by atoms with Gasteiger partial charge in [-0.15, -0.1) is 0 Å². The highest BCUT2D eigenvalue weighted by molar-refractivity contribution is 7.89. The number of benzene rings is 1. The Hall–Kier alpha value is -1.49. The quantitative estimate of drug-likeness (QED) is 0.744. The van der Waals surface area contributed by atoms with E-state index in [0.29, 0.717) is 12.8 Å². The lowest BCUT2D eigenvalue weighted by Crippen LogP contribution is -2.26. The molecule has 0 aliphatic heterocycles. The zero-order valence-electron chi connectivity index (χ0n) is 11.1. The number of nitriles is 1. The first-order valence-corrected chi connectivity index (χ1v) is 7.69. The van der Waals surface area contributed by atoms with Gasteiger partial charge in [0.15, 0.2) is 0 Å². The van der Waals surface area contributed by atoms with E-state index in [1.807, 2.05) is 6.92 Å². The third kappa shape index (κ3) is 4.27. The van der Waals surface area contributed by atoms with Gasteiger partial charge in [-0.05, 0) is 30.9 Å². The number of aliphatic hydroxyl groups excluding tert-OH is 1. The van der Waals surface area contributed by atoms with Crippen LogP contribution in [0.2, 0.25) is 0 Å². The molecule has 1 unspecified atom stereocenters. The van der Waals surface area contributed by atoms with Crippen molar-refractivity contribution < 1.29 is 17.9 Å². The summed E-state index contributed by atoms with van der Waals surface area (Å²) >= 11 is 0. The van der Waals surface area contributed by atoms with E-state index in [1.165, 1.54) is 12.1 Å². The monoisotopic (exact) mass is 300 g/mol. The van der Waals surface area contributed by atoms with Crippen LogP contribution < -0.4 is 4.72 Å². The highest BCUT2D eigenvalue weighted by Gasteiger charge is 2.20. The van der Waals surface area contributed by atoms with Crippen LogP contribution in [-0.4, -0.2) is 26.7 Å². The molecule has 0 aliphatic rings. The molecule has 0 amide bonds. The lowest BCUT2D eigenvalue weighted by molar-refractivity contribution is 0.228. The van der Waals surface area contributed by atoms with Gasteiger partial charge in [0.1, 0.15) is 22.3 Å². The zero-order valence-corrected chi connectivity index (χ0v) is 12.0. The van der Waals surface area contributed by atoms with Gasteiger partial charge in [-0.2, -0.15) is 5.26 Å². The Morgan fingerprint density at radius 1 is 1.50 bits per heavy atom. The number of nitrogens with one attached hydrogen (secondary N) is 1. The van der Waals surface area contributed by atoms with Crippen molar-refractivity contribution in [1.29, 1.82) is 5.26 Å². The van der Waals surface area contributed by atoms with E-state index in [-0.39, 0.29) is 24.0 Å². The van der Waals surface area contributed by atoms with Crippen LogP contribution in [0.3, 0.4) is 0 Å². The molecular formula is C13H17FN2O3S. The van der Waals surface area contributed by atoms with Gasteiger partial charge in [0.05, 0.1) is 0 Å². The third-order valence-corrected chi connectivity index (χ3v) is 4.36. The van der Waals surface area contributed by atoms with Crippen LogP contribution in [0.4, 0.5) is 4.39 Å². The summed E-state index contributed by atoms with van der Waals surface area (Å²) in [5.74, 6) is -0.757. The predicted octanol–water partition coefficient (Wildman–Crippen LogP) is 1.38. The molecule has 0 spiro atoms. The van der Waals surface area contributed by atoms with Gasteiger partial charge in [-0.25, -0.2) is 17.5 Å². The van der Waals surface area contributed by atoms with Crippen molar-refractivity contribution in [2.24, 2.45) is 5.92 Å². The molecule has 0 aliphatic carbocycles. The van der Waals surface area contributed by atoms with Crippen LogP contribution in [0, 0.1) is 23.1 Å². The Balaban J connectivity index is 2.76. The van der Waals surface area contributed by atoms with E-state index >= 15 is 0 Å². The molecule has 1 aromatic rings. The smallest absolute Gasteiger partial charge is 0.241 e. The summed E-state index contributed by atoms with van der Waals surface area (Å²) < 4.78 is 39.7. The maximum Gasteiger partial charge on any atom is 0.241 e. The molecule has 0 saturated heterocycles. The normalized spacial score (nSPS) is 12.9. The average Bonchev–Trinajstić information content (AvgIpc) is 2.43. The van der Waals surface area contributed by atoms with Crippen molar-refractivity contribution in [1.82, 2.24) is 4.72 Å². The number of rotatable bonds is 7. The molecule has 110 valence electrons. The maximum absolute atomic E-state index is 13.4. The fourth-order valence-corrected chi connectivity index (χ4v) is 2.90. The number of hydrogen-bond donors (Lipinski definition) is 2. The molecule has 5 nitrogen and oxygen atoms in total. The van der Waals surface area contributed by atoms with Crippen molar-refractivity contribution in [3.8, 4) is 6.07 Å². The molecule has 0 heterocycles. The molecule has 7 heteroatoms. The fraction of sp³-hybridized carbons (Fsp3) is 0.462. The second kappa shape index (κ2) is 7.33. The molecule has 0 bridgehead atoms. The van der Waals surface area contributed by atoms with Crippen molar-refractivity contribution in [3.05, 3.63) is 29.6 Å². The fourth-order valence-electron chi connectivity index (χ4n) is 1.66. The van der Waals surface area contributed by atoms with Crippen LogP contribution in [0.1, 0.15) is 25.3 Å². The summed E-state index contributed by atoms with van der Waals surface area (Å²) in [5, 5.41) is 17.7. The van der Waals surface area contributed by atoms with E-state index < -0.39 is 21.4 Å². The van der Waals surface area contributed by atoms with Crippen LogP contribution in [0.5, 0.6) is 0 Å². The second-order valence-electron chi connectivity index (χ2n) is 4.55. The van der Waals surface area contributed by atoms with Gasteiger partial charge in [-0.3, -0.25) is 0 Å². The molecule has 2 N–H and O–H groups in total. The van der Waals surface area contributed by atoms with E-state index in [4.69, 9.17) is 10.4 Å². The molecule has 1 rings (SSSR count). The largest absolute Gasteiger partial charge is 0.396 e. The molecule has 1 aromatic carbocycles. The minimum Gasteiger partial charge on any atom is -0.396 e. The average molecular weight is 300 g/mol. The van der Waals surface area contributed by atoms with E-state index in [0.717, 1.165) is 6.07 Å². The van der Waals surface area contributed by atoms with Gasteiger partial charge in [0, 0.05) is 13.2 Å². The standard InChI is InChI=1S/C13H17FN2O3S/c1-10(9-17)4-3-7-16-20(18,19)13-6-2-5-12(14)11(13)8-15/h2,5-6,10,16-17H,3-4,7,9H2,1H3. The summed E-state index contributed by atoms with van der Waals surface area (Å²) in [7, 11) is -3.91. The topological polar surface area (TPSA) is 90.2 Å². The molecular weight excluding hydrogens is 283 g/mol. The summed E-state index contributed by atoms with van der Waals surface area (Å²) in [6.07, 6.45) is 1.23. The SMILES string of the molecule is CC(CO)CCCNS(=O)(=O)c1cccc(F)c1C#N. The van der Waals surface area contributed by atoms with Crippen LogP contribution >= 0.6 is 0 Å². The Bertz CT molecular complexity index is 596. The molecule has 0 radical (unpaired) electrons. The minimum absolute atomic E-state index is 0.0508. The van der Waals surface area contributed by atoms with Gasteiger partial charge in [-0.1, -0.05) is 13.0 Å². The van der Waals surface area contributed by atoms with Crippen molar-refractivity contribution >= 4 is 10.0 Å². The zero-order chi connectivity index (χ0) is 15.2. The third-order valence-electron chi connectivity index (χ3n) is 2.85. The highest BCUT2D eigenvalue weighted by atomic mass is 32.2. The number of halogens is 1. The predicted molar refractivity (Wildman–Crippen MR) is 71.8 cm³/mol. The Morgan fingerprint density at radius 3 is 2.80 bits per heavy atom. The van der Waals surface area contributed by atoms with E-state index in [2.05, 4.69) is 4.72 Å². The number of aliphatic hydroxyl groups is 1. The molecule has 0 aromatic heterocycles. The number of sulfonamides is 1. The van der Waals surface area contributed by atoms with Gasteiger partial charge in [0.2, 0.25) is 10.0 Å².